The molecule has 0 unspecified atom stereocenters. The molecule has 1 nitrogen and oxygen atoms in total. The molecule has 0 saturated heterocycles. The minimum atomic E-state index is -0.224. The first-order valence-corrected chi connectivity index (χ1v) is 2.77. The molecule has 0 aliphatic heterocycles. The molecule has 1 aromatic carbocycles. The summed E-state index contributed by atoms with van der Waals surface area (Å²) >= 11 is 0. The highest BCUT2D eigenvalue weighted by atomic mass is 79.9. The molecule has 0 fully saturated rings. The van der Waals surface area contributed by atoms with Crippen LogP contribution in [-0.2, 0) is 6.54 Å². The summed E-state index contributed by atoms with van der Waals surface area (Å²) in [6, 6.07) is 6.28. The standard InChI is InChI=1S/C7H8FN.BrH/c8-7-3-1-2-6(4-7)5-9;/h1-4H,5,9H2;1H. The van der Waals surface area contributed by atoms with Crippen LogP contribution in [0.1, 0.15) is 5.56 Å². The summed E-state index contributed by atoms with van der Waals surface area (Å²) in [7, 11) is 0. The highest BCUT2D eigenvalue weighted by Gasteiger charge is 1.89. The molecule has 1 rings (SSSR count). The van der Waals surface area contributed by atoms with Crippen LogP contribution in [-0.4, -0.2) is 0 Å². The van der Waals surface area contributed by atoms with Crippen molar-refractivity contribution in [2.75, 3.05) is 0 Å². The van der Waals surface area contributed by atoms with E-state index in [1.165, 1.54) is 12.1 Å². The lowest BCUT2D eigenvalue weighted by molar-refractivity contribution is 0.625. The summed E-state index contributed by atoms with van der Waals surface area (Å²) in [4.78, 5) is 0. The van der Waals surface area contributed by atoms with Crippen molar-refractivity contribution < 1.29 is 4.39 Å². The Hall–Kier alpha value is -0.410. The van der Waals surface area contributed by atoms with Crippen LogP contribution in [0.15, 0.2) is 24.3 Å². The Morgan fingerprint density at radius 3 is 2.50 bits per heavy atom. The van der Waals surface area contributed by atoms with Crippen molar-refractivity contribution in [3.63, 3.8) is 0 Å². The molecule has 56 valence electrons. The van der Waals surface area contributed by atoms with Gasteiger partial charge in [-0.15, -0.1) is 17.0 Å². The molecule has 2 N–H and O–H groups in total. The third-order valence-electron chi connectivity index (χ3n) is 1.12. The normalized spacial score (nSPS) is 8.60. The highest BCUT2D eigenvalue weighted by molar-refractivity contribution is 8.93. The molecule has 0 aliphatic rings. The number of benzene rings is 1. The van der Waals surface area contributed by atoms with Crippen molar-refractivity contribution in [1.29, 1.82) is 0 Å². The zero-order valence-electron chi connectivity index (χ0n) is 5.38. The van der Waals surface area contributed by atoms with E-state index < -0.39 is 0 Å². The third-order valence-corrected chi connectivity index (χ3v) is 1.12. The van der Waals surface area contributed by atoms with E-state index in [-0.39, 0.29) is 22.8 Å². The fourth-order valence-electron chi connectivity index (χ4n) is 0.664. The molecule has 0 heterocycles. The molecule has 0 atom stereocenters. The van der Waals surface area contributed by atoms with Gasteiger partial charge >= 0.3 is 0 Å². The van der Waals surface area contributed by atoms with Crippen LogP contribution >= 0.6 is 17.0 Å². The van der Waals surface area contributed by atoms with Gasteiger partial charge in [-0.25, -0.2) is 4.39 Å². The summed E-state index contributed by atoms with van der Waals surface area (Å²) in [5.41, 5.74) is 6.08. The summed E-state index contributed by atoms with van der Waals surface area (Å²) in [5, 5.41) is 0. The average molecular weight is 206 g/mol. The third kappa shape index (κ3) is 2.45. The van der Waals surface area contributed by atoms with Gasteiger partial charge in [-0.3, -0.25) is 0 Å². The Morgan fingerprint density at radius 2 is 2.10 bits per heavy atom. The number of hydrogen-bond acceptors (Lipinski definition) is 1. The second-order valence-electron chi connectivity index (χ2n) is 1.83. The molecule has 0 amide bonds. The van der Waals surface area contributed by atoms with Crippen molar-refractivity contribution in [1.82, 2.24) is 0 Å². The Balaban J connectivity index is 0.000000810. The van der Waals surface area contributed by atoms with E-state index in [9.17, 15) is 4.39 Å². The average Bonchev–Trinajstić information content (AvgIpc) is 1.88. The van der Waals surface area contributed by atoms with E-state index in [4.69, 9.17) is 5.73 Å². The van der Waals surface area contributed by atoms with Gasteiger partial charge in [-0.2, -0.15) is 0 Å². The number of halogens is 2. The minimum absolute atomic E-state index is 0. The molecule has 0 spiro atoms. The van der Waals surface area contributed by atoms with E-state index in [0.29, 0.717) is 6.54 Å². The fourth-order valence-corrected chi connectivity index (χ4v) is 0.664. The molecule has 10 heavy (non-hydrogen) atoms. The van der Waals surface area contributed by atoms with E-state index in [1.807, 2.05) is 0 Å². The van der Waals surface area contributed by atoms with Gasteiger partial charge in [0.15, 0.2) is 0 Å². The second kappa shape index (κ2) is 4.41. The van der Waals surface area contributed by atoms with Crippen LogP contribution in [0.25, 0.3) is 0 Å². The zero-order chi connectivity index (χ0) is 6.69. The fraction of sp³-hybridized carbons (Fsp3) is 0.143. The molecule has 0 aliphatic carbocycles. The summed E-state index contributed by atoms with van der Waals surface area (Å²) in [5.74, 6) is -0.224. The predicted octanol–water partition coefficient (Wildman–Crippen LogP) is 1.86. The Morgan fingerprint density at radius 1 is 1.40 bits per heavy atom. The zero-order valence-corrected chi connectivity index (χ0v) is 7.09. The monoisotopic (exact) mass is 205 g/mol. The minimum Gasteiger partial charge on any atom is -0.326 e. The van der Waals surface area contributed by atoms with Gasteiger partial charge in [0, 0.05) is 6.54 Å². The second-order valence-corrected chi connectivity index (χ2v) is 1.83. The SMILES string of the molecule is Br.NCc1cccc(F)c1. The van der Waals surface area contributed by atoms with E-state index in [0.717, 1.165) is 5.56 Å². The van der Waals surface area contributed by atoms with Gasteiger partial charge in [0.05, 0.1) is 0 Å². The number of hydrogen-bond donors (Lipinski definition) is 1. The maximum absolute atomic E-state index is 12.3. The van der Waals surface area contributed by atoms with Crippen molar-refractivity contribution in [3.05, 3.63) is 35.6 Å². The summed E-state index contributed by atoms with van der Waals surface area (Å²) in [6.07, 6.45) is 0. The van der Waals surface area contributed by atoms with Gasteiger partial charge in [0.1, 0.15) is 5.82 Å². The lowest BCUT2D eigenvalue weighted by Crippen LogP contribution is -1.95. The first kappa shape index (κ1) is 9.59. The van der Waals surface area contributed by atoms with E-state index in [2.05, 4.69) is 0 Å². The molecule has 0 bridgehead atoms. The Labute approximate surface area is 69.8 Å². The van der Waals surface area contributed by atoms with Crippen LogP contribution in [0.2, 0.25) is 0 Å². The molecule has 0 saturated carbocycles. The van der Waals surface area contributed by atoms with E-state index >= 15 is 0 Å². The van der Waals surface area contributed by atoms with Crippen LogP contribution in [0.4, 0.5) is 4.39 Å². The van der Waals surface area contributed by atoms with Crippen LogP contribution in [0, 0.1) is 5.82 Å². The Bertz CT molecular complexity index is 203. The van der Waals surface area contributed by atoms with Gasteiger partial charge in [-0.05, 0) is 17.7 Å². The van der Waals surface area contributed by atoms with Crippen LogP contribution < -0.4 is 5.73 Å². The number of nitrogens with two attached hydrogens (primary N) is 1. The lowest BCUT2D eigenvalue weighted by atomic mass is 10.2. The first-order valence-electron chi connectivity index (χ1n) is 2.77. The Kier molecular flexibility index (Phi) is 4.23. The van der Waals surface area contributed by atoms with Crippen molar-refractivity contribution in [3.8, 4) is 0 Å². The van der Waals surface area contributed by atoms with Crippen LogP contribution in [0.5, 0.6) is 0 Å². The van der Waals surface area contributed by atoms with Gasteiger partial charge < -0.3 is 5.73 Å². The summed E-state index contributed by atoms with van der Waals surface area (Å²) in [6.45, 7) is 0.401. The molecule has 3 heteroatoms. The quantitative estimate of drug-likeness (QED) is 0.745. The largest absolute Gasteiger partial charge is 0.326 e. The molecule has 0 radical (unpaired) electrons. The summed E-state index contributed by atoms with van der Waals surface area (Å²) < 4.78 is 12.3. The maximum Gasteiger partial charge on any atom is 0.123 e. The highest BCUT2D eigenvalue weighted by Crippen LogP contribution is 2.00. The molecule has 1 aromatic rings. The van der Waals surface area contributed by atoms with Crippen LogP contribution in [0.3, 0.4) is 0 Å². The van der Waals surface area contributed by atoms with Crippen molar-refractivity contribution in [2.24, 2.45) is 5.73 Å². The lowest BCUT2D eigenvalue weighted by Gasteiger charge is -1.92. The molecular weight excluding hydrogens is 197 g/mol. The van der Waals surface area contributed by atoms with Crippen molar-refractivity contribution >= 4 is 17.0 Å². The van der Waals surface area contributed by atoms with E-state index in [1.54, 1.807) is 12.1 Å². The maximum atomic E-state index is 12.3. The topological polar surface area (TPSA) is 26.0 Å². The number of rotatable bonds is 1. The molecular formula is C7H9BrFN. The van der Waals surface area contributed by atoms with Crippen molar-refractivity contribution in [2.45, 2.75) is 6.54 Å². The smallest absolute Gasteiger partial charge is 0.123 e. The van der Waals surface area contributed by atoms with Gasteiger partial charge in [0.2, 0.25) is 0 Å². The predicted molar refractivity (Wildman–Crippen MR) is 44.6 cm³/mol. The molecule has 0 aromatic heterocycles. The first-order chi connectivity index (χ1) is 4.33. The van der Waals surface area contributed by atoms with Gasteiger partial charge in [-0.1, -0.05) is 12.1 Å². The van der Waals surface area contributed by atoms with Gasteiger partial charge in [0.25, 0.3) is 0 Å².